The molecule has 1 fully saturated rings. The summed E-state index contributed by atoms with van der Waals surface area (Å²) in [5.74, 6) is 0.540. The van der Waals surface area contributed by atoms with Gasteiger partial charge >= 0.3 is 10.4 Å². The molecule has 1 aliphatic rings. The summed E-state index contributed by atoms with van der Waals surface area (Å²) in [6.07, 6.45) is -1.49. The molecule has 1 N–H and O–H groups in total. The fourth-order valence-corrected chi connectivity index (χ4v) is 4.64. The minimum Gasteiger partial charge on any atom is -0.748 e. The highest BCUT2D eigenvalue weighted by molar-refractivity contribution is 7.85. The Morgan fingerprint density at radius 2 is 1.55 bits per heavy atom. The van der Waals surface area contributed by atoms with Crippen molar-refractivity contribution in [3.05, 3.63) is 17.7 Å². The van der Waals surface area contributed by atoms with E-state index >= 15 is 0 Å². The molecule has 12 nitrogen and oxygen atoms in total. The summed E-state index contributed by atoms with van der Waals surface area (Å²) in [6, 6.07) is 3.66. The van der Waals surface area contributed by atoms with Gasteiger partial charge < -0.3 is 18.8 Å². The van der Waals surface area contributed by atoms with E-state index in [1.54, 1.807) is 11.0 Å². The Bertz CT molecular complexity index is 910. The van der Waals surface area contributed by atoms with E-state index in [1.807, 2.05) is 6.07 Å². The second-order valence-corrected chi connectivity index (χ2v) is 9.44. The van der Waals surface area contributed by atoms with Crippen molar-refractivity contribution in [2.75, 3.05) is 59.8 Å². The largest absolute Gasteiger partial charge is 0.748 e. The number of benzene rings is 1. The predicted octanol–water partition coefficient (Wildman–Crippen LogP) is -0.437. The van der Waals surface area contributed by atoms with Gasteiger partial charge in [-0.25, -0.2) is 12.6 Å². The van der Waals surface area contributed by atoms with E-state index < -0.39 is 32.4 Å². The van der Waals surface area contributed by atoms with E-state index in [1.165, 1.54) is 21.3 Å². The summed E-state index contributed by atoms with van der Waals surface area (Å²) >= 11 is 0. The van der Waals surface area contributed by atoms with Gasteiger partial charge in [-0.3, -0.25) is 14.4 Å². The van der Waals surface area contributed by atoms with Gasteiger partial charge in [0.2, 0.25) is 5.75 Å². The molecule has 0 saturated carbocycles. The van der Waals surface area contributed by atoms with Crippen LogP contribution in [0.1, 0.15) is 5.56 Å². The van der Waals surface area contributed by atoms with E-state index in [9.17, 15) is 21.4 Å². The van der Waals surface area contributed by atoms with Crippen LogP contribution in [0.5, 0.6) is 17.2 Å². The maximum atomic E-state index is 11.0. The van der Waals surface area contributed by atoms with Crippen LogP contribution in [0.4, 0.5) is 0 Å². The maximum Gasteiger partial charge on any atom is 0.397 e. The van der Waals surface area contributed by atoms with Gasteiger partial charge in [0.25, 0.3) is 0 Å². The van der Waals surface area contributed by atoms with E-state index in [0.717, 1.165) is 5.56 Å². The third kappa shape index (κ3) is 8.07. The average Bonchev–Trinajstić information content (AvgIpc) is 2.66. The van der Waals surface area contributed by atoms with Crippen molar-refractivity contribution >= 4 is 20.5 Å². The van der Waals surface area contributed by atoms with Gasteiger partial charge in [-0.1, -0.05) is 6.07 Å². The van der Waals surface area contributed by atoms with Gasteiger partial charge in [-0.15, -0.1) is 0 Å². The molecule has 178 valence electrons. The number of hydrogen-bond donors (Lipinski definition) is 1. The second kappa shape index (κ2) is 10.8. The fraction of sp³-hybridized carbons (Fsp3) is 0.647. The summed E-state index contributed by atoms with van der Waals surface area (Å²) < 4.78 is 84.3. The van der Waals surface area contributed by atoms with Gasteiger partial charge in [0.05, 0.1) is 37.2 Å². The normalized spacial score (nSPS) is 17.3. The summed E-state index contributed by atoms with van der Waals surface area (Å²) in [5, 5.41) is 0. The lowest BCUT2D eigenvalue weighted by atomic mass is 10.1. The van der Waals surface area contributed by atoms with E-state index in [-0.39, 0.29) is 6.54 Å². The first-order valence-corrected chi connectivity index (χ1v) is 12.2. The number of hydrogen-bond acceptors (Lipinski definition) is 11. The topological polar surface area (TPSA) is 155 Å². The Morgan fingerprint density at radius 1 is 0.968 bits per heavy atom. The van der Waals surface area contributed by atoms with Crippen LogP contribution in [0.25, 0.3) is 0 Å². The average molecular weight is 484 g/mol. The third-order valence-corrected chi connectivity index (χ3v) is 6.05. The minimum absolute atomic E-state index is 0.130. The summed E-state index contributed by atoms with van der Waals surface area (Å²) in [6.45, 7) is 2.53. The zero-order valence-corrected chi connectivity index (χ0v) is 19.1. The van der Waals surface area contributed by atoms with Crippen molar-refractivity contribution in [3.63, 3.8) is 0 Å². The minimum atomic E-state index is -4.89. The molecular weight excluding hydrogens is 456 g/mol. The molecule has 0 aromatic heterocycles. The molecule has 2 rings (SSSR count). The Morgan fingerprint density at radius 3 is 2.03 bits per heavy atom. The second-order valence-electron chi connectivity index (χ2n) is 6.94. The highest BCUT2D eigenvalue weighted by atomic mass is 32.3. The van der Waals surface area contributed by atoms with Crippen LogP contribution in [-0.4, -0.2) is 102 Å². The summed E-state index contributed by atoms with van der Waals surface area (Å²) in [7, 11) is -5.04. The Balaban J connectivity index is 2.01. The number of rotatable bonds is 11. The zero-order valence-electron chi connectivity index (χ0n) is 17.5. The number of ether oxygens (including phenoxy) is 3. The summed E-state index contributed by atoms with van der Waals surface area (Å²) in [5.41, 5.74) is 0.888. The SMILES string of the molecule is COc1ccc(CN2CCN(CC(CS(=O)(=O)[O-])OS(=O)(=O)O)CC2)c(OC)c1OC. The van der Waals surface area contributed by atoms with Gasteiger partial charge in [0.15, 0.2) is 11.5 Å². The lowest BCUT2D eigenvalue weighted by molar-refractivity contribution is 0.0848. The standard InChI is InChI=1S/C17H28N2O10S2/c1-26-15-5-4-13(16(27-2)17(15)28-3)10-18-6-8-19(9-7-18)11-14(12-30(20,21)22)29-31(23,24)25/h4-5,14H,6-12H2,1-3H3,(H,20,21,22)(H,23,24,25)/p-1. The van der Waals surface area contributed by atoms with Gasteiger partial charge in [0.1, 0.15) is 6.10 Å². The molecule has 1 saturated heterocycles. The van der Waals surface area contributed by atoms with Crippen molar-refractivity contribution < 1.29 is 44.3 Å². The first kappa shape index (κ1) is 25.6. The van der Waals surface area contributed by atoms with Gasteiger partial charge in [-0.2, -0.15) is 8.42 Å². The number of nitrogens with zero attached hydrogens (tertiary/aromatic N) is 2. The Kier molecular flexibility index (Phi) is 8.88. The van der Waals surface area contributed by atoms with Crippen molar-refractivity contribution in [2.24, 2.45) is 0 Å². The highest BCUT2D eigenvalue weighted by Gasteiger charge is 2.26. The molecule has 1 atom stereocenters. The smallest absolute Gasteiger partial charge is 0.397 e. The maximum absolute atomic E-state index is 11.0. The fourth-order valence-electron chi connectivity index (χ4n) is 3.46. The van der Waals surface area contributed by atoms with Crippen LogP contribution < -0.4 is 14.2 Å². The molecule has 0 spiro atoms. The Hall–Kier alpha value is -1.68. The van der Waals surface area contributed by atoms with Crippen molar-refractivity contribution in [3.8, 4) is 17.2 Å². The molecule has 0 radical (unpaired) electrons. The number of piperazine rings is 1. The van der Waals surface area contributed by atoms with Crippen LogP contribution in [0.3, 0.4) is 0 Å². The van der Waals surface area contributed by atoms with E-state index in [4.69, 9.17) is 18.8 Å². The Labute approximate surface area is 182 Å². The van der Waals surface area contributed by atoms with Crippen molar-refractivity contribution in [2.45, 2.75) is 12.6 Å². The quantitative estimate of drug-likeness (QED) is 0.406. The van der Waals surface area contributed by atoms with Crippen LogP contribution >= 0.6 is 0 Å². The predicted molar refractivity (Wildman–Crippen MR) is 109 cm³/mol. The first-order valence-electron chi connectivity index (χ1n) is 9.27. The molecular formula is C17H27N2O10S2-. The molecule has 1 heterocycles. The summed E-state index contributed by atoms with van der Waals surface area (Å²) in [4.78, 5) is 3.90. The van der Waals surface area contributed by atoms with Gasteiger partial charge in [0, 0.05) is 44.8 Å². The third-order valence-electron chi connectivity index (χ3n) is 4.75. The molecule has 0 amide bonds. The van der Waals surface area contributed by atoms with Crippen molar-refractivity contribution in [1.29, 1.82) is 0 Å². The van der Waals surface area contributed by atoms with E-state index in [0.29, 0.717) is 50.0 Å². The zero-order chi connectivity index (χ0) is 23.2. The first-order chi connectivity index (χ1) is 14.5. The molecule has 1 aliphatic heterocycles. The van der Waals surface area contributed by atoms with Crippen LogP contribution in [0, 0.1) is 0 Å². The lowest BCUT2D eigenvalue weighted by Gasteiger charge is -2.36. The lowest BCUT2D eigenvalue weighted by Crippen LogP contribution is -2.49. The molecule has 1 unspecified atom stereocenters. The monoisotopic (exact) mass is 483 g/mol. The molecule has 1 aromatic rings. The molecule has 0 aliphatic carbocycles. The van der Waals surface area contributed by atoms with E-state index in [2.05, 4.69) is 9.08 Å². The molecule has 1 aromatic carbocycles. The molecule has 31 heavy (non-hydrogen) atoms. The molecule has 14 heteroatoms. The van der Waals surface area contributed by atoms with Crippen LogP contribution in [0.15, 0.2) is 12.1 Å². The number of methoxy groups -OCH3 is 3. The van der Waals surface area contributed by atoms with Crippen molar-refractivity contribution in [1.82, 2.24) is 9.80 Å². The van der Waals surface area contributed by atoms with Crippen LogP contribution in [0.2, 0.25) is 0 Å². The highest BCUT2D eigenvalue weighted by Crippen LogP contribution is 2.40. The van der Waals surface area contributed by atoms with Crippen LogP contribution in [-0.2, 0) is 31.2 Å². The molecule has 0 bridgehead atoms. The van der Waals surface area contributed by atoms with Gasteiger partial charge in [-0.05, 0) is 6.07 Å².